The van der Waals surface area contributed by atoms with Gasteiger partial charge in [0.2, 0.25) is 0 Å². The molecule has 86 valence electrons. The molecule has 0 saturated carbocycles. The molecule has 0 bridgehead atoms. The van der Waals surface area contributed by atoms with Gasteiger partial charge in [0.05, 0.1) is 5.69 Å². The Bertz CT molecular complexity index is 632. The summed E-state index contributed by atoms with van der Waals surface area (Å²) in [7, 11) is 1.67. The third-order valence-electron chi connectivity index (χ3n) is 2.33. The molecule has 1 N–H and O–H groups in total. The topological polar surface area (TPSA) is 96.7 Å². The van der Waals surface area contributed by atoms with E-state index in [1.165, 1.54) is 21.6 Å². The van der Waals surface area contributed by atoms with E-state index in [2.05, 4.69) is 10.2 Å². The van der Waals surface area contributed by atoms with E-state index in [9.17, 15) is 4.79 Å². The van der Waals surface area contributed by atoms with Gasteiger partial charge >= 0.3 is 5.97 Å². The van der Waals surface area contributed by atoms with E-state index in [-0.39, 0.29) is 5.69 Å². The second kappa shape index (κ2) is 3.75. The number of hydrogen-bond acceptors (Lipinski definition) is 4. The van der Waals surface area contributed by atoms with Crippen LogP contribution in [0, 0.1) is 18.3 Å². The Morgan fingerprint density at radius 2 is 2.24 bits per heavy atom. The Morgan fingerprint density at radius 3 is 2.76 bits per heavy atom. The molecule has 2 aromatic rings. The molecule has 0 spiro atoms. The molecular weight excluding hydrogens is 222 g/mol. The van der Waals surface area contributed by atoms with Crippen molar-refractivity contribution in [1.82, 2.24) is 19.6 Å². The number of carbonyl (C=O) groups is 1. The average molecular weight is 231 g/mol. The standard InChI is InChI=1S/C10H9N5O2/c1-6-7(5-11)9(14(2)12-6)15-4-3-8(13-15)10(16)17/h3-4H,1-2H3,(H,16,17). The first-order chi connectivity index (χ1) is 8.04. The molecule has 7 nitrogen and oxygen atoms in total. The fraction of sp³-hybridized carbons (Fsp3) is 0.200. The normalized spacial score (nSPS) is 10.2. The second-order valence-corrected chi connectivity index (χ2v) is 3.47. The molecule has 0 unspecified atom stereocenters. The molecule has 0 aliphatic rings. The Morgan fingerprint density at radius 1 is 1.53 bits per heavy atom. The van der Waals surface area contributed by atoms with Crippen molar-refractivity contribution >= 4 is 5.97 Å². The predicted octanol–water partition coefficient (Wildman–Crippen LogP) is 0.484. The Hall–Kier alpha value is -2.62. The molecule has 0 radical (unpaired) electrons. The lowest BCUT2D eigenvalue weighted by Crippen LogP contribution is -2.06. The van der Waals surface area contributed by atoms with E-state index in [1.54, 1.807) is 14.0 Å². The van der Waals surface area contributed by atoms with Gasteiger partial charge in [-0.15, -0.1) is 0 Å². The first kappa shape index (κ1) is 10.9. The number of carboxylic acid groups (broad SMARTS) is 1. The minimum Gasteiger partial charge on any atom is -0.476 e. The average Bonchev–Trinajstić information content (AvgIpc) is 2.82. The molecule has 0 aliphatic heterocycles. The molecule has 0 aliphatic carbocycles. The van der Waals surface area contributed by atoms with Gasteiger partial charge in [-0.2, -0.15) is 15.5 Å². The van der Waals surface area contributed by atoms with Crippen LogP contribution < -0.4 is 0 Å². The first-order valence-electron chi connectivity index (χ1n) is 4.77. The number of aromatic carboxylic acids is 1. The van der Waals surface area contributed by atoms with Gasteiger partial charge in [0.25, 0.3) is 0 Å². The minimum absolute atomic E-state index is 0.0762. The van der Waals surface area contributed by atoms with E-state index >= 15 is 0 Å². The number of aryl methyl sites for hydroxylation is 2. The fourth-order valence-corrected chi connectivity index (χ4v) is 1.60. The summed E-state index contributed by atoms with van der Waals surface area (Å²) >= 11 is 0. The van der Waals surface area contributed by atoms with Gasteiger partial charge in [-0.05, 0) is 13.0 Å². The van der Waals surface area contributed by atoms with Crippen LogP contribution in [0.2, 0.25) is 0 Å². The highest BCUT2D eigenvalue weighted by molar-refractivity contribution is 5.85. The van der Waals surface area contributed by atoms with Crippen molar-refractivity contribution in [2.75, 3.05) is 0 Å². The van der Waals surface area contributed by atoms with Crippen LogP contribution in [0.4, 0.5) is 0 Å². The third kappa shape index (κ3) is 1.65. The van der Waals surface area contributed by atoms with Crippen molar-refractivity contribution in [3.8, 4) is 11.9 Å². The molecule has 7 heteroatoms. The molecule has 0 aromatic carbocycles. The fourth-order valence-electron chi connectivity index (χ4n) is 1.60. The van der Waals surface area contributed by atoms with Crippen molar-refractivity contribution in [1.29, 1.82) is 5.26 Å². The van der Waals surface area contributed by atoms with Crippen LogP contribution >= 0.6 is 0 Å². The third-order valence-corrected chi connectivity index (χ3v) is 2.33. The van der Waals surface area contributed by atoms with Gasteiger partial charge in [-0.1, -0.05) is 0 Å². The minimum atomic E-state index is -1.11. The Balaban J connectivity index is 2.60. The second-order valence-electron chi connectivity index (χ2n) is 3.47. The molecular formula is C10H9N5O2. The zero-order chi connectivity index (χ0) is 12.6. The van der Waals surface area contributed by atoms with Crippen LogP contribution in [0.25, 0.3) is 5.82 Å². The maximum Gasteiger partial charge on any atom is 0.356 e. The number of aromatic nitrogens is 4. The maximum absolute atomic E-state index is 10.7. The number of hydrogen-bond donors (Lipinski definition) is 1. The van der Waals surface area contributed by atoms with Crippen molar-refractivity contribution in [2.45, 2.75) is 6.92 Å². The highest BCUT2D eigenvalue weighted by atomic mass is 16.4. The van der Waals surface area contributed by atoms with E-state index in [1.807, 2.05) is 6.07 Å². The van der Waals surface area contributed by atoms with E-state index < -0.39 is 5.97 Å². The zero-order valence-corrected chi connectivity index (χ0v) is 9.25. The molecule has 2 aromatic heterocycles. The van der Waals surface area contributed by atoms with Gasteiger partial charge in [-0.25, -0.2) is 14.2 Å². The highest BCUT2D eigenvalue weighted by Gasteiger charge is 2.17. The van der Waals surface area contributed by atoms with Crippen molar-refractivity contribution in [2.24, 2.45) is 7.05 Å². The summed E-state index contributed by atoms with van der Waals surface area (Å²) in [5.41, 5.74) is 0.887. The predicted molar refractivity (Wildman–Crippen MR) is 56.7 cm³/mol. The molecule has 0 fully saturated rings. The summed E-state index contributed by atoms with van der Waals surface area (Å²) in [6.07, 6.45) is 1.49. The summed E-state index contributed by atoms with van der Waals surface area (Å²) in [5, 5.41) is 25.8. The zero-order valence-electron chi connectivity index (χ0n) is 9.25. The van der Waals surface area contributed by atoms with E-state index in [0.717, 1.165) is 0 Å². The lowest BCUT2D eigenvalue weighted by atomic mass is 10.3. The Labute approximate surface area is 96.5 Å². The summed E-state index contributed by atoms with van der Waals surface area (Å²) in [5.74, 6) is -0.654. The van der Waals surface area contributed by atoms with Crippen LogP contribution in [0.15, 0.2) is 12.3 Å². The van der Waals surface area contributed by atoms with Crippen LogP contribution in [0.3, 0.4) is 0 Å². The quantitative estimate of drug-likeness (QED) is 0.810. The molecule has 0 amide bonds. The molecule has 17 heavy (non-hydrogen) atoms. The highest BCUT2D eigenvalue weighted by Crippen LogP contribution is 2.16. The summed E-state index contributed by atoms with van der Waals surface area (Å²) < 4.78 is 2.83. The molecule has 0 atom stereocenters. The number of carboxylic acids is 1. The van der Waals surface area contributed by atoms with Gasteiger partial charge in [0.1, 0.15) is 11.6 Å². The summed E-state index contributed by atoms with van der Waals surface area (Å²) in [6, 6.07) is 3.40. The first-order valence-corrected chi connectivity index (χ1v) is 4.77. The van der Waals surface area contributed by atoms with Crippen LogP contribution in [0.5, 0.6) is 0 Å². The number of rotatable bonds is 2. The van der Waals surface area contributed by atoms with Crippen LogP contribution in [-0.2, 0) is 7.05 Å². The SMILES string of the molecule is Cc1nn(C)c(-n2ccc(C(=O)O)n2)c1C#N. The molecule has 2 rings (SSSR count). The van der Waals surface area contributed by atoms with Gasteiger partial charge in [0.15, 0.2) is 11.5 Å². The largest absolute Gasteiger partial charge is 0.476 e. The Kier molecular flexibility index (Phi) is 2.40. The smallest absolute Gasteiger partial charge is 0.356 e. The summed E-state index contributed by atoms with van der Waals surface area (Å²) in [4.78, 5) is 10.7. The number of nitriles is 1. The van der Waals surface area contributed by atoms with Crippen molar-refractivity contribution in [3.63, 3.8) is 0 Å². The van der Waals surface area contributed by atoms with Gasteiger partial charge in [-0.3, -0.25) is 0 Å². The van der Waals surface area contributed by atoms with E-state index in [0.29, 0.717) is 17.1 Å². The van der Waals surface area contributed by atoms with Gasteiger partial charge in [0, 0.05) is 13.2 Å². The maximum atomic E-state index is 10.7. The van der Waals surface area contributed by atoms with Crippen molar-refractivity contribution in [3.05, 3.63) is 29.2 Å². The van der Waals surface area contributed by atoms with Crippen LogP contribution in [-0.4, -0.2) is 30.6 Å². The van der Waals surface area contributed by atoms with Gasteiger partial charge < -0.3 is 5.11 Å². The summed E-state index contributed by atoms with van der Waals surface area (Å²) in [6.45, 7) is 1.71. The van der Waals surface area contributed by atoms with Crippen molar-refractivity contribution < 1.29 is 9.90 Å². The van der Waals surface area contributed by atoms with E-state index in [4.69, 9.17) is 10.4 Å². The molecule has 2 heterocycles. The number of nitrogens with zero attached hydrogens (tertiary/aromatic N) is 5. The molecule has 0 saturated heterocycles. The monoisotopic (exact) mass is 231 g/mol. The lowest BCUT2D eigenvalue weighted by molar-refractivity contribution is 0.0690. The lowest BCUT2D eigenvalue weighted by Gasteiger charge is -2.01. The van der Waals surface area contributed by atoms with Crippen LogP contribution in [0.1, 0.15) is 21.7 Å².